The van der Waals surface area contributed by atoms with Crippen LogP contribution >= 0.6 is 24.0 Å². The molecule has 0 aliphatic carbocycles. The van der Waals surface area contributed by atoms with E-state index in [1.54, 1.807) is 31.3 Å². The third kappa shape index (κ3) is 8.51. The van der Waals surface area contributed by atoms with Crippen molar-refractivity contribution >= 4 is 39.8 Å². The molecule has 2 rings (SSSR count). The average molecular weight is 545 g/mol. The van der Waals surface area contributed by atoms with Crippen LogP contribution in [0.1, 0.15) is 31.4 Å². The molecular weight excluding hydrogens is 513 g/mol. The summed E-state index contributed by atoms with van der Waals surface area (Å²) >= 11 is 0. The number of nitrogens with one attached hydrogen (secondary N) is 2. The number of benzene rings is 2. The minimum atomic E-state index is -3.26. The summed E-state index contributed by atoms with van der Waals surface area (Å²) in [7, 11) is -1.57. The molecule has 0 spiro atoms. The minimum absolute atomic E-state index is 0. The molecule has 2 aromatic carbocycles. The lowest BCUT2D eigenvalue weighted by molar-refractivity contribution is 0.239. The molecule has 30 heavy (non-hydrogen) atoms. The molecule has 166 valence electrons. The van der Waals surface area contributed by atoms with Gasteiger partial charge in [0.25, 0.3) is 0 Å². The van der Waals surface area contributed by atoms with Crippen molar-refractivity contribution in [1.82, 2.24) is 10.6 Å². The fraction of sp³-hybridized carbons (Fsp3) is 0.409. The normalized spacial score (nSPS) is 11.7. The summed E-state index contributed by atoms with van der Waals surface area (Å²) in [5, 5.41) is 6.43. The maximum atomic E-state index is 12.3. The number of sulfone groups is 1. The average Bonchev–Trinajstić information content (AvgIpc) is 2.69. The van der Waals surface area contributed by atoms with Crippen LogP contribution < -0.4 is 15.4 Å². The number of rotatable bonds is 9. The molecule has 0 heterocycles. The van der Waals surface area contributed by atoms with Gasteiger partial charge in [-0.2, -0.15) is 0 Å². The first-order chi connectivity index (χ1) is 13.8. The molecule has 0 bridgehead atoms. The number of guanidine groups is 1. The Balaban J connectivity index is 0.00000450. The van der Waals surface area contributed by atoms with E-state index in [-0.39, 0.29) is 35.8 Å². The monoisotopic (exact) mass is 545 g/mol. The van der Waals surface area contributed by atoms with E-state index < -0.39 is 9.84 Å². The standard InChI is InChI=1S/C22H31N3O3S.HI/c1-17(2)28-21-15-18(3)11-12-19(21)16-25-22(23-4)24-13-8-14-29(26,27)20-9-6-5-7-10-20;/h5-7,9-12,15,17H,8,13-14,16H2,1-4H3,(H2,23,24,25);1H. The summed E-state index contributed by atoms with van der Waals surface area (Å²) < 4.78 is 30.5. The molecule has 0 aliphatic heterocycles. The van der Waals surface area contributed by atoms with Crippen molar-refractivity contribution in [2.75, 3.05) is 19.3 Å². The van der Waals surface area contributed by atoms with Crippen LogP contribution in [0.2, 0.25) is 0 Å². The third-order valence-electron chi connectivity index (χ3n) is 4.24. The van der Waals surface area contributed by atoms with Crippen molar-refractivity contribution in [2.45, 2.75) is 44.7 Å². The van der Waals surface area contributed by atoms with Gasteiger partial charge in [0, 0.05) is 25.7 Å². The fourth-order valence-electron chi connectivity index (χ4n) is 2.79. The summed E-state index contributed by atoms with van der Waals surface area (Å²) in [4.78, 5) is 4.57. The highest BCUT2D eigenvalue weighted by atomic mass is 127. The molecule has 0 atom stereocenters. The van der Waals surface area contributed by atoms with Crippen LogP contribution in [0.4, 0.5) is 0 Å². The van der Waals surface area contributed by atoms with E-state index in [4.69, 9.17) is 4.74 Å². The van der Waals surface area contributed by atoms with E-state index in [0.29, 0.717) is 30.4 Å². The second-order valence-corrected chi connectivity index (χ2v) is 9.22. The van der Waals surface area contributed by atoms with Gasteiger partial charge in [-0.1, -0.05) is 30.3 Å². The minimum Gasteiger partial charge on any atom is -0.491 e. The molecule has 0 fully saturated rings. The third-order valence-corrected chi connectivity index (χ3v) is 6.06. The molecule has 0 saturated carbocycles. The quantitative estimate of drug-likeness (QED) is 0.216. The van der Waals surface area contributed by atoms with Crippen LogP contribution in [0.5, 0.6) is 5.75 Å². The topological polar surface area (TPSA) is 79.8 Å². The second kappa shape index (κ2) is 12.8. The molecule has 0 radical (unpaired) electrons. The van der Waals surface area contributed by atoms with Crippen molar-refractivity contribution < 1.29 is 13.2 Å². The number of hydrogen-bond donors (Lipinski definition) is 2. The van der Waals surface area contributed by atoms with Gasteiger partial charge in [-0.3, -0.25) is 4.99 Å². The first-order valence-corrected chi connectivity index (χ1v) is 11.5. The van der Waals surface area contributed by atoms with Crippen LogP contribution in [0.3, 0.4) is 0 Å². The highest BCUT2D eigenvalue weighted by Gasteiger charge is 2.13. The second-order valence-electron chi connectivity index (χ2n) is 7.12. The van der Waals surface area contributed by atoms with Crippen LogP contribution in [-0.2, 0) is 16.4 Å². The SMILES string of the molecule is CN=C(NCCCS(=O)(=O)c1ccccc1)NCc1ccc(C)cc1OC(C)C.I. The maximum Gasteiger partial charge on any atom is 0.191 e. The lowest BCUT2D eigenvalue weighted by Gasteiger charge is -2.17. The van der Waals surface area contributed by atoms with Crippen molar-refractivity contribution in [3.05, 3.63) is 59.7 Å². The Morgan fingerprint density at radius 3 is 2.43 bits per heavy atom. The van der Waals surface area contributed by atoms with E-state index in [2.05, 4.69) is 21.7 Å². The lowest BCUT2D eigenvalue weighted by atomic mass is 10.1. The Kier molecular flexibility index (Phi) is 11.2. The van der Waals surface area contributed by atoms with Gasteiger partial charge in [0.1, 0.15) is 5.75 Å². The Hall–Kier alpha value is -1.81. The molecule has 6 nitrogen and oxygen atoms in total. The van der Waals surface area contributed by atoms with Crippen molar-refractivity contribution in [3.63, 3.8) is 0 Å². The van der Waals surface area contributed by atoms with Crippen LogP contribution in [0.25, 0.3) is 0 Å². The number of ether oxygens (including phenoxy) is 1. The molecule has 0 saturated heterocycles. The summed E-state index contributed by atoms with van der Waals surface area (Å²) in [5.74, 6) is 1.57. The van der Waals surface area contributed by atoms with Gasteiger partial charge in [-0.05, 0) is 51.0 Å². The van der Waals surface area contributed by atoms with Crippen molar-refractivity contribution in [3.8, 4) is 5.75 Å². The molecule has 0 amide bonds. The fourth-order valence-corrected chi connectivity index (χ4v) is 4.12. The van der Waals surface area contributed by atoms with Gasteiger partial charge in [0.05, 0.1) is 16.8 Å². The van der Waals surface area contributed by atoms with E-state index in [1.165, 1.54) is 0 Å². The molecular formula is C22H32IN3O3S. The van der Waals surface area contributed by atoms with Gasteiger partial charge in [0.2, 0.25) is 0 Å². The Labute approximate surface area is 197 Å². The summed E-state index contributed by atoms with van der Waals surface area (Å²) in [5.41, 5.74) is 2.19. The van der Waals surface area contributed by atoms with Gasteiger partial charge in [-0.25, -0.2) is 8.42 Å². The molecule has 0 unspecified atom stereocenters. The highest BCUT2D eigenvalue weighted by Crippen LogP contribution is 2.21. The van der Waals surface area contributed by atoms with Crippen LogP contribution in [0.15, 0.2) is 58.4 Å². The maximum absolute atomic E-state index is 12.3. The summed E-state index contributed by atoms with van der Waals surface area (Å²) in [6.45, 7) is 7.11. The van der Waals surface area contributed by atoms with E-state index in [0.717, 1.165) is 16.9 Å². The Morgan fingerprint density at radius 1 is 1.10 bits per heavy atom. The number of aliphatic imine (C=N–C) groups is 1. The van der Waals surface area contributed by atoms with Gasteiger partial charge < -0.3 is 15.4 Å². The van der Waals surface area contributed by atoms with E-state index >= 15 is 0 Å². The zero-order valence-electron chi connectivity index (χ0n) is 18.0. The zero-order chi connectivity index (χ0) is 21.3. The van der Waals surface area contributed by atoms with Gasteiger partial charge >= 0.3 is 0 Å². The molecule has 8 heteroatoms. The van der Waals surface area contributed by atoms with Crippen molar-refractivity contribution in [1.29, 1.82) is 0 Å². The van der Waals surface area contributed by atoms with Gasteiger partial charge in [-0.15, -0.1) is 24.0 Å². The smallest absolute Gasteiger partial charge is 0.191 e. The summed E-state index contributed by atoms with van der Waals surface area (Å²) in [6, 6.07) is 14.7. The summed E-state index contributed by atoms with van der Waals surface area (Å²) in [6.07, 6.45) is 0.587. The number of aryl methyl sites for hydroxylation is 1. The Morgan fingerprint density at radius 2 is 1.80 bits per heavy atom. The lowest BCUT2D eigenvalue weighted by Crippen LogP contribution is -2.37. The van der Waals surface area contributed by atoms with E-state index in [9.17, 15) is 8.42 Å². The molecule has 2 aromatic rings. The predicted molar refractivity (Wildman–Crippen MR) is 134 cm³/mol. The van der Waals surface area contributed by atoms with Crippen LogP contribution in [-0.4, -0.2) is 39.8 Å². The van der Waals surface area contributed by atoms with Crippen molar-refractivity contribution in [2.24, 2.45) is 4.99 Å². The number of nitrogens with zero attached hydrogens (tertiary/aromatic N) is 1. The Bertz CT molecular complexity index is 916. The highest BCUT2D eigenvalue weighted by molar-refractivity contribution is 14.0. The first-order valence-electron chi connectivity index (χ1n) is 9.80. The molecule has 0 aliphatic rings. The van der Waals surface area contributed by atoms with Gasteiger partial charge in [0.15, 0.2) is 15.8 Å². The molecule has 2 N–H and O–H groups in total. The first kappa shape index (κ1) is 26.2. The zero-order valence-corrected chi connectivity index (χ0v) is 21.2. The number of hydrogen-bond acceptors (Lipinski definition) is 4. The predicted octanol–water partition coefficient (Wildman–Crippen LogP) is 3.93. The van der Waals surface area contributed by atoms with Crippen LogP contribution in [0, 0.1) is 6.92 Å². The number of halogens is 1. The largest absolute Gasteiger partial charge is 0.491 e. The molecule has 0 aromatic heterocycles. The van der Waals surface area contributed by atoms with E-state index in [1.807, 2.05) is 39.0 Å².